The van der Waals surface area contributed by atoms with Crippen LogP contribution in [0.1, 0.15) is 17.5 Å². The highest BCUT2D eigenvalue weighted by atomic mass is 15.2. The van der Waals surface area contributed by atoms with Crippen LogP contribution in [0.5, 0.6) is 0 Å². The Morgan fingerprint density at radius 1 is 1.32 bits per heavy atom. The van der Waals surface area contributed by atoms with Crippen molar-refractivity contribution in [3.05, 3.63) is 35.4 Å². The normalized spacial score (nSPS) is 24.1. The molecule has 2 rings (SSSR count). The quantitative estimate of drug-likeness (QED) is 0.895. The zero-order chi connectivity index (χ0) is 13.8. The van der Waals surface area contributed by atoms with Gasteiger partial charge in [0.05, 0.1) is 0 Å². The number of likely N-dealkylation sites (N-methyl/N-ethyl adjacent to an activating group) is 2. The van der Waals surface area contributed by atoms with Gasteiger partial charge >= 0.3 is 0 Å². The van der Waals surface area contributed by atoms with Crippen molar-refractivity contribution in [2.75, 3.05) is 33.7 Å². The van der Waals surface area contributed by atoms with Gasteiger partial charge in [-0.1, -0.05) is 29.8 Å². The lowest BCUT2D eigenvalue weighted by Crippen LogP contribution is -2.51. The van der Waals surface area contributed by atoms with Gasteiger partial charge in [0.25, 0.3) is 0 Å². The third kappa shape index (κ3) is 4.03. The maximum Gasteiger partial charge on any atom is 0.0374 e. The average Bonchev–Trinajstić information content (AvgIpc) is 2.51. The zero-order valence-electron chi connectivity index (χ0n) is 12.5. The lowest BCUT2D eigenvalue weighted by atomic mass is 9.98. The highest BCUT2D eigenvalue weighted by molar-refractivity contribution is 5.23. The van der Waals surface area contributed by atoms with E-state index >= 15 is 0 Å². The molecule has 1 heterocycles. The molecule has 1 aromatic carbocycles. The first-order chi connectivity index (χ1) is 9.06. The molecule has 0 aromatic heterocycles. The minimum absolute atomic E-state index is 0.201. The van der Waals surface area contributed by atoms with Crippen molar-refractivity contribution in [1.82, 2.24) is 9.80 Å². The molecule has 1 aliphatic heterocycles. The molecule has 106 valence electrons. The zero-order valence-corrected chi connectivity index (χ0v) is 12.5. The maximum absolute atomic E-state index is 6.48. The van der Waals surface area contributed by atoms with Crippen molar-refractivity contribution in [1.29, 1.82) is 0 Å². The predicted octanol–water partition coefficient (Wildman–Crippen LogP) is 1.50. The summed E-state index contributed by atoms with van der Waals surface area (Å²) in [5.41, 5.74) is 9.15. The Balaban J connectivity index is 2.03. The molecule has 0 aliphatic carbocycles. The van der Waals surface area contributed by atoms with Crippen molar-refractivity contribution < 1.29 is 0 Å². The predicted molar refractivity (Wildman–Crippen MR) is 81.4 cm³/mol. The average molecular weight is 261 g/mol. The number of aryl methyl sites for hydroxylation is 1. The van der Waals surface area contributed by atoms with E-state index in [9.17, 15) is 0 Å². The second-order valence-electron chi connectivity index (χ2n) is 6.02. The molecule has 1 fully saturated rings. The van der Waals surface area contributed by atoms with Crippen LogP contribution in [0.15, 0.2) is 24.3 Å². The molecule has 1 aliphatic rings. The summed E-state index contributed by atoms with van der Waals surface area (Å²) in [7, 11) is 4.41. The van der Waals surface area contributed by atoms with Gasteiger partial charge in [-0.3, -0.25) is 0 Å². The molecule has 2 unspecified atom stereocenters. The summed E-state index contributed by atoms with van der Waals surface area (Å²) >= 11 is 0. The molecule has 19 heavy (non-hydrogen) atoms. The van der Waals surface area contributed by atoms with Crippen molar-refractivity contribution in [2.45, 2.75) is 31.8 Å². The van der Waals surface area contributed by atoms with Gasteiger partial charge in [0.15, 0.2) is 0 Å². The summed E-state index contributed by atoms with van der Waals surface area (Å²) in [6.07, 6.45) is 2.20. The molecule has 0 bridgehead atoms. The van der Waals surface area contributed by atoms with Gasteiger partial charge in [-0.25, -0.2) is 0 Å². The van der Waals surface area contributed by atoms with Crippen LogP contribution in [0.4, 0.5) is 0 Å². The Hall–Kier alpha value is -0.900. The molecule has 3 heteroatoms. The van der Waals surface area contributed by atoms with E-state index in [1.807, 2.05) is 0 Å². The van der Waals surface area contributed by atoms with Crippen LogP contribution < -0.4 is 5.73 Å². The lowest BCUT2D eigenvalue weighted by Gasteiger charge is -2.32. The van der Waals surface area contributed by atoms with E-state index in [2.05, 4.69) is 55.1 Å². The number of hydrogen-bond acceptors (Lipinski definition) is 3. The van der Waals surface area contributed by atoms with Crippen LogP contribution >= 0.6 is 0 Å². The van der Waals surface area contributed by atoms with Crippen molar-refractivity contribution in [3.63, 3.8) is 0 Å². The fourth-order valence-corrected chi connectivity index (χ4v) is 3.02. The Kier molecular flexibility index (Phi) is 4.97. The molecule has 0 radical (unpaired) electrons. The van der Waals surface area contributed by atoms with E-state index < -0.39 is 0 Å². The molecule has 0 amide bonds. The van der Waals surface area contributed by atoms with Gasteiger partial charge in [-0.05, 0) is 52.5 Å². The van der Waals surface area contributed by atoms with Gasteiger partial charge in [-0.15, -0.1) is 0 Å². The SMILES string of the molecule is Cc1cccc(CC(N)C2CN(C)CCCN2C)c1. The van der Waals surface area contributed by atoms with E-state index in [1.54, 1.807) is 0 Å². The highest BCUT2D eigenvalue weighted by Gasteiger charge is 2.26. The van der Waals surface area contributed by atoms with Gasteiger partial charge in [0.1, 0.15) is 0 Å². The van der Waals surface area contributed by atoms with E-state index in [4.69, 9.17) is 5.73 Å². The highest BCUT2D eigenvalue weighted by Crippen LogP contribution is 2.14. The number of nitrogens with two attached hydrogens (primary N) is 1. The number of rotatable bonds is 3. The van der Waals surface area contributed by atoms with Crippen molar-refractivity contribution in [2.24, 2.45) is 5.73 Å². The van der Waals surface area contributed by atoms with E-state index in [0.29, 0.717) is 6.04 Å². The Labute approximate surface area is 117 Å². The molecule has 3 nitrogen and oxygen atoms in total. The second kappa shape index (κ2) is 6.51. The number of nitrogens with zero attached hydrogens (tertiary/aromatic N) is 2. The molecule has 0 spiro atoms. The van der Waals surface area contributed by atoms with Crippen LogP contribution in [0, 0.1) is 6.92 Å². The number of hydrogen-bond donors (Lipinski definition) is 1. The Bertz CT molecular complexity index is 405. The monoisotopic (exact) mass is 261 g/mol. The summed E-state index contributed by atoms with van der Waals surface area (Å²) in [5, 5.41) is 0. The topological polar surface area (TPSA) is 32.5 Å². The summed E-state index contributed by atoms with van der Waals surface area (Å²) in [6, 6.07) is 9.36. The molecule has 2 N–H and O–H groups in total. The first-order valence-corrected chi connectivity index (χ1v) is 7.26. The minimum Gasteiger partial charge on any atom is -0.326 e. The van der Waals surface area contributed by atoms with E-state index in [1.165, 1.54) is 24.1 Å². The molecule has 0 saturated carbocycles. The summed E-state index contributed by atoms with van der Waals surface area (Å²) in [4.78, 5) is 4.84. The lowest BCUT2D eigenvalue weighted by molar-refractivity contribution is 0.195. The van der Waals surface area contributed by atoms with Gasteiger partial charge in [0.2, 0.25) is 0 Å². The standard InChI is InChI=1S/C16H27N3/c1-13-6-4-7-14(10-13)11-15(17)16-12-18(2)8-5-9-19(16)3/h4,6-7,10,15-16H,5,8-9,11-12,17H2,1-3H3. The Morgan fingerprint density at radius 2 is 2.11 bits per heavy atom. The summed E-state index contributed by atoms with van der Waals surface area (Å²) in [5.74, 6) is 0. The molecular weight excluding hydrogens is 234 g/mol. The smallest absolute Gasteiger partial charge is 0.0374 e. The van der Waals surface area contributed by atoms with E-state index in [0.717, 1.165) is 19.5 Å². The van der Waals surface area contributed by atoms with Gasteiger partial charge < -0.3 is 15.5 Å². The van der Waals surface area contributed by atoms with Gasteiger partial charge in [0, 0.05) is 18.6 Å². The van der Waals surface area contributed by atoms with Crippen LogP contribution in [0.2, 0.25) is 0 Å². The van der Waals surface area contributed by atoms with Crippen molar-refractivity contribution in [3.8, 4) is 0 Å². The van der Waals surface area contributed by atoms with Crippen LogP contribution in [-0.2, 0) is 6.42 Å². The van der Waals surface area contributed by atoms with E-state index in [-0.39, 0.29) is 6.04 Å². The second-order valence-corrected chi connectivity index (χ2v) is 6.02. The summed E-state index contributed by atoms with van der Waals surface area (Å²) in [6.45, 7) is 5.54. The Morgan fingerprint density at radius 3 is 2.84 bits per heavy atom. The third-order valence-corrected chi connectivity index (χ3v) is 4.16. The summed E-state index contributed by atoms with van der Waals surface area (Å²) < 4.78 is 0. The minimum atomic E-state index is 0.201. The molecule has 1 saturated heterocycles. The first-order valence-electron chi connectivity index (χ1n) is 7.26. The first kappa shape index (κ1) is 14.5. The number of benzene rings is 1. The third-order valence-electron chi connectivity index (χ3n) is 4.16. The molecule has 1 aromatic rings. The van der Waals surface area contributed by atoms with Crippen molar-refractivity contribution >= 4 is 0 Å². The molecule has 2 atom stereocenters. The van der Waals surface area contributed by atoms with Gasteiger partial charge in [-0.2, -0.15) is 0 Å². The van der Waals surface area contributed by atoms with Crippen LogP contribution in [0.3, 0.4) is 0 Å². The maximum atomic E-state index is 6.48. The fraction of sp³-hybridized carbons (Fsp3) is 0.625. The van der Waals surface area contributed by atoms with Crippen LogP contribution in [0.25, 0.3) is 0 Å². The molecular formula is C16H27N3. The van der Waals surface area contributed by atoms with Crippen LogP contribution in [-0.4, -0.2) is 55.6 Å². The largest absolute Gasteiger partial charge is 0.326 e. The fourth-order valence-electron chi connectivity index (χ4n) is 3.02.